The highest BCUT2D eigenvalue weighted by Crippen LogP contribution is 2.14. The second-order valence-corrected chi connectivity index (χ2v) is 13.0. The van der Waals surface area contributed by atoms with Crippen molar-refractivity contribution in [1.82, 2.24) is 0 Å². The van der Waals surface area contributed by atoms with Crippen molar-refractivity contribution in [3.63, 3.8) is 0 Å². The topological polar surface area (TPSA) is 55.8 Å². The van der Waals surface area contributed by atoms with E-state index in [2.05, 4.69) is 38.2 Å². The van der Waals surface area contributed by atoms with Crippen molar-refractivity contribution in [2.45, 2.75) is 206 Å². The molecule has 0 saturated carbocycles. The van der Waals surface area contributed by atoms with E-state index in [1.807, 2.05) is 0 Å². The molecule has 1 atom stereocenters. The van der Waals surface area contributed by atoms with E-state index in [4.69, 9.17) is 9.47 Å². The summed E-state index contributed by atoms with van der Waals surface area (Å²) in [7, 11) is 0. The van der Waals surface area contributed by atoms with Crippen LogP contribution >= 0.6 is 0 Å². The summed E-state index contributed by atoms with van der Waals surface area (Å²) < 4.78 is 11.1. The fourth-order valence-electron chi connectivity index (χ4n) is 5.56. The van der Waals surface area contributed by atoms with Crippen LogP contribution in [0.15, 0.2) is 24.3 Å². The van der Waals surface area contributed by atoms with Crippen molar-refractivity contribution in [1.29, 1.82) is 0 Å². The third-order valence-corrected chi connectivity index (χ3v) is 8.48. The largest absolute Gasteiger partial charge is 0.457 e. The molecule has 0 saturated heterocycles. The Hall–Kier alpha value is -1.13. The van der Waals surface area contributed by atoms with Crippen molar-refractivity contribution in [3.05, 3.63) is 24.3 Å². The predicted octanol–water partition coefficient (Wildman–Crippen LogP) is 12.4. The zero-order valence-electron chi connectivity index (χ0n) is 29.7. The lowest BCUT2D eigenvalue weighted by molar-refractivity contribution is -0.154. The number of unbranched alkanes of at least 4 members (excludes halogenated alkanes) is 24. The first-order chi connectivity index (χ1) is 21.7. The van der Waals surface area contributed by atoms with Crippen LogP contribution in [0.3, 0.4) is 0 Å². The molecule has 0 rings (SSSR count). The molecule has 0 amide bonds. The van der Waals surface area contributed by atoms with Gasteiger partial charge in [-0.2, -0.15) is 0 Å². The number of allylic oxidation sites excluding steroid dienone is 4. The summed E-state index contributed by atoms with van der Waals surface area (Å²) in [6.07, 6.45) is 45.1. The molecule has 0 radical (unpaired) electrons. The number of aliphatic hydroxyl groups is 1. The molecule has 44 heavy (non-hydrogen) atoms. The van der Waals surface area contributed by atoms with Gasteiger partial charge in [0.25, 0.3) is 0 Å². The van der Waals surface area contributed by atoms with Gasteiger partial charge in [0.1, 0.15) is 6.10 Å². The van der Waals surface area contributed by atoms with Gasteiger partial charge >= 0.3 is 5.97 Å². The van der Waals surface area contributed by atoms with Gasteiger partial charge in [-0.05, 0) is 57.8 Å². The van der Waals surface area contributed by atoms with E-state index < -0.39 is 6.10 Å². The predicted molar refractivity (Wildman–Crippen MR) is 191 cm³/mol. The maximum Gasteiger partial charge on any atom is 0.306 e. The van der Waals surface area contributed by atoms with Gasteiger partial charge in [-0.1, -0.05) is 160 Å². The van der Waals surface area contributed by atoms with E-state index in [9.17, 15) is 9.90 Å². The highest BCUT2D eigenvalue weighted by Gasteiger charge is 2.13. The van der Waals surface area contributed by atoms with E-state index in [1.54, 1.807) is 0 Å². The van der Waals surface area contributed by atoms with E-state index in [0.29, 0.717) is 19.6 Å². The summed E-state index contributed by atoms with van der Waals surface area (Å²) in [4.78, 5) is 12.1. The molecule has 4 heteroatoms. The van der Waals surface area contributed by atoms with Crippen LogP contribution in [-0.4, -0.2) is 37.0 Å². The first-order valence-electron chi connectivity index (χ1n) is 19.4. The van der Waals surface area contributed by atoms with E-state index in [-0.39, 0.29) is 12.6 Å². The first kappa shape index (κ1) is 42.9. The van der Waals surface area contributed by atoms with Crippen molar-refractivity contribution in [2.24, 2.45) is 0 Å². The minimum absolute atomic E-state index is 0.173. The van der Waals surface area contributed by atoms with E-state index in [0.717, 1.165) is 19.3 Å². The fraction of sp³-hybridized carbons (Fsp3) is 0.875. The molecule has 0 aliphatic carbocycles. The molecule has 260 valence electrons. The molecule has 0 heterocycles. The highest BCUT2D eigenvalue weighted by molar-refractivity contribution is 5.69. The van der Waals surface area contributed by atoms with Crippen LogP contribution in [0.2, 0.25) is 0 Å². The summed E-state index contributed by atoms with van der Waals surface area (Å²) in [5, 5.41) is 9.55. The molecule has 0 aromatic heterocycles. The molecular formula is C40H76O4. The number of carbonyl (C=O) groups excluding carboxylic acids is 1. The van der Waals surface area contributed by atoms with Gasteiger partial charge in [0.05, 0.1) is 13.2 Å². The van der Waals surface area contributed by atoms with Gasteiger partial charge in [-0.3, -0.25) is 4.79 Å². The molecule has 0 aliphatic rings. The van der Waals surface area contributed by atoms with E-state index >= 15 is 0 Å². The van der Waals surface area contributed by atoms with Crippen molar-refractivity contribution in [3.8, 4) is 0 Å². The molecule has 0 aliphatic heterocycles. The normalized spacial score (nSPS) is 12.5. The second kappa shape index (κ2) is 38.1. The molecule has 0 bridgehead atoms. The molecule has 0 spiro atoms. The quantitative estimate of drug-likeness (QED) is 0.0430. The zero-order chi connectivity index (χ0) is 32.0. The van der Waals surface area contributed by atoms with Crippen LogP contribution in [0.25, 0.3) is 0 Å². The summed E-state index contributed by atoms with van der Waals surface area (Å²) in [5.74, 6) is -0.205. The Bertz CT molecular complexity index is 614. The van der Waals surface area contributed by atoms with Crippen LogP contribution in [0.5, 0.6) is 0 Å². The summed E-state index contributed by atoms with van der Waals surface area (Å²) >= 11 is 0. The van der Waals surface area contributed by atoms with Gasteiger partial charge in [-0.15, -0.1) is 0 Å². The number of hydrogen-bond acceptors (Lipinski definition) is 4. The Morgan fingerprint density at radius 2 is 0.932 bits per heavy atom. The molecule has 1 unspecified atom stereocenters. The average molecular weight is 621 g/mol. The lowest BCUT2D eigenvalue weighted by atomic mass is 10.1. The third-order valence-electron chi connectivity index (χ3n) is 8.48. The number of rotatable bonds is 36. The number of ether oxygens (including phenoxy) is 2. The van der Waals surface area contributed by atoms with Gasteiger partial charge in [-0.25, -0.2) is 0 Å². The molecule has 0 aromatic rings. The molecule has 0 fully saturated rings. The average Bonchev–Trinajstić information content (AvgIpc) is 3.03. The Kier molecular flexibility index (Phi) is 37.1. The SMILES string of the molecule is CCC/C=C\CCCCCCCCOCC(CO)OC(=O)CCCCCCCCCCC/C=C\CCCCCCCCCC. The van der Waals surface area contributed by atoms with Crippen LogP contribution in [-0.2, 0) is 14.3 Å². The molecule has 4 nitrogen and oxygen atoms in total. The summed E-state index contributed by atoms with van der Waals surface area (Å²) in [6.45, 7) is 5.29. The number of aliphatic hydroxyl groups excluding tert-OH is 1. The Balaban J connectivity index is 3.40. The third kappa shape index (κ3) is 35.4. The number of carbonyl (C=O) groups is 1. The van der Waals surface area contributed by atoms with Crippen LogP contribution in [0.1, 0.15) is 200 Å². The maximum absolute atomic E-state index is 12.1. The zero-order valence-corrected chi connectivity index (χ0v) is 29.7. The van der Waals surface area contributed by atoms with Crippen LogP contribution < -0.4 is 0 Å². The Morgan fingerprint density at radius 3 is 1.39 bits per heavy atom. The fourth-order valence-corrected chi connectivity index (χ4v) is 5.56. The Labute approximate surface area is 275 Å². The standard InChI is InChI=1S/C40H76O4/c1-3-5-7-9-11-13-15-16-17-18-19-20-21-22-23-24-25-27-29-31-33-35-40(42)44-39(37-41)38-43-36-34-32-30-28-26-14-12-10-8-6-4-2/h8,10,18-19,39,41H,3-7,9,11-17,20-38H2,1-2H3/b10-8-,19-18-. The van der Waals surface area contributed by atoms with Gasteiger partial charge in [0.2, 0.25) is 0 Å². The lowest BCUT2D eigenvalue weighted by Gasteiger charge is -2.15. The smallest absolute Gasteiger partial charge is 0.306 e. The molecule has 1 N–H and O–H groups in total. The summed E-state index contributed by atoms with van der Waals surface area (Å²) in [5.41, 5.74) is 0. The van der Waals surface area contributed by atoms with Crippen LogP contribution in [0, 0.1) is 0 Å². The minimum Gasteiger partial charge on any atom is -0.457 e. The van der Waals surface area contributed by atoms with Gasteiger partial charge in [0.15, 0.2) is 0 Å². The van der Waals surface area contributed by atoms with Crippen molar-refractivity contribution < 1.29 is 19.4 Å². The van der Waals surface area contributed by atoms with Crippen molar-refractivity contribution >= 4 is 5.97 Å². The van der Waals surface area contributed by atoms with Gasteiger partial charge in [0, 0.05) is 13.0 Å². The first-order valence-corrected chi connectivity index (χ1v) is 19.4. The van der Waals surface area contributed by atoms with Crippen LogP contribution in [0.4, 0.5) is 0 Å². The van der Waals surface area contributed by atoms with E-state index in [1.165, 1.54) is 161 Å². The lowest BCUT2D eigenvalue weighted by Crippen LogP contribution is -2.27. The second-order valence-electron chi connectivity index (χ2n) is 13.0. The number of esters is 1. The molecular weight excluding hydrogens is 544 g/mol. The van der Waals surface area contributed by atoms with Crippen molar-refractivity contribution in [2.75, 3.05) is 19.8 Å². The maximum atomic E-state index is 12.1. The molecule has 0 aromatic carbocycles. The monoisotopic (exact) mass is 621 g/mol. The van der Waals surface area contributed by atoms with Gasteiger partial charge < -0.3 is 14.6 Å². The summed E-state index contributed by atoms with van der Waals surface area (Å²) in [6, 6.07) is 0. The minimum atomic E-state index is -0.534. The Morgan fingerprint density at radius 1 is 0.523 bits per heavy atom. The number of hydrogen-bond donors (Lipinski definition) is 1. The highest BCUT2D eigenvalue weighted by atomic mass is 16.6.